The Morgan fingerprint density at radius 1 is 1.26 bits per heavy atom. The van der Waals surface area contributed by atoms with Crippen LogP contribution >= 0.6 is 15.9 Å². The molecule has 3 fully saturated rings. The highest BCUT2D eigenvalue weighted by Crippen LogP contribution is 2.60. The number of aliphatic hydroxyl groups is 1. The third-order valence-corrected chi connectivity index (χ3v) is 8.26. The number of halogens is 1. The van der Waals surface area contributed by atoms with Gasteiger partial charge in [-0.1, -0.05) is 15.9 Å². The highest BCUT2D eigenvalue weighted by Gasteiger charge is 2.76. The quantitative estimate of drug-likeness (QED) is 0.339. The lowest BCUT2D eigenvalue weighted by molar-refractivity contribution is -0.154. The summed E-state index contributed by atoms with van der Waals surface area (Å²) < 4.78 is 11.6. The van der Waals surface area contributed by atoms with Crippen molar-refractivity contribution < 1.29 is 29.0 Å². The number of likely N-dealkylation sites (tertiary alicyclic amines) is 1. The molecule has 10 heteroatoms. The summed E-state index contributed by atoms with van der Waals surface area (Å²) in [6, 6.07) is 6.68. The van der Waals surface area contributed by atoms with Crippen LogP contribution in [-0.4, -0.2) is 83.2 Å². The summed E-state index contributed by atoms with van der Waals surface area (Å²) in [4.78, 5) is 43.7. The minimum Gasteiger partial charge on any atom is -0.466 e. The molecule has 6 atom stereocenters. The minimum atomic E-state index is -1.13. The van der Waals surface area contributed by atoms with E-state index in [1.165, 1.54) is 4.90 Å². The van der Waals surface area contributed by atoms with E-state index < -0.39 is 35.6 Å². The van der Waals surface area contributed by atoms with E-state index in [1.807, 2.05) is 24.3 Å². The van der Waals surface area contributed by atoms with Crippen LogP contribution in [0.25, 0.3) is 0 Å². The first kappa shape index (κ1) is 25.9. The predicted octanol–water partition coefficient (Wildman–Crippen LogP) is 2.16. The fourth-order valence-corrected chi connectivity index (χ4v) is 6.92. The topological polar surface area (TPSA) is 108 Å². The van der Waals surface area contributed by atoms with Gasteiger partial charge in [-0.3, -0.25) is 14.4 Å². The lowest BCUT2D eigenvalue weighted by atomic mass is 9.70. The molecule has 2 bridgehead atoms. The monoisotopic (exact) mass is 551 g/mol. The molecule has 2 amide bonds. The first-order valence-electron chi connectivity index (χ1n) is 12.4. The number of ether oxygens (including phenoxy) is 2. The molecular weight excluding hydrogens is 518 g/mol. The molecule has 3 heterocycles. The Morgan fingerprint density at radius 3 is 2.54 bits per heavy atom. The number of nitrogens with zero attached hydrogens (tertiary/aromatic N) is 2. The average Bonchev–Trinajstić information content (AvgIpc) is 3.43. The molecule has 1 aromatic rings. The second-order valence-electron chi connectivity index (χ2n) is 9.23. The van der Waals surface area contributed by atoms with Crippen LogP contribution in [0.1, 0.15) is 33.6 Å². The van der Waals surface area contributed by atoms with Crippen LogP contribution in [0.15, 0.2) is 24.3 Å². The second kappa shape index (κ2) is 10.4. The molecule has 1 aromatic carbocycles. The van der Waals surface area contributed by atoms with E-state index in [0.29, 0.717) is 18.5 Å². The number of alkyl halides is 1. The highest BCUT2D eigenvalue weighted by molar-refractivity contribution is 9.09. The summed E-state index contributed by atoms with van der Waals surface area (Å²) in [5, 5.41) is 12.4. The van der Waals surface area contributed by atoms with Crippen LogP contribution in [0.2, 0.25) is 0 Å². The number of nitrogens with one attached hydrogen (secondary N) is 1. The summed E-state index contributed by atoms with van der Waals surface area (Å²) in [5.41, 5.74) is 0.545. The van der Waals surface area contributed by atoms with Gasteiger partial charge in [-0.2, -0.15) is 0 Å². The van der Waals surface area contributed by atoms with Gasteiger partial charge in [0, 0.05) is 42.4 Å². The van der Waals surface area contributed by atoms with E-state index in [1.54, 1.807) is 6.92 Å². The number of carbonyl (C=O) groups is 3. The smallest absolute Gasteiger partial charge is 0.312 e. The van der Waals surface area contributed by atoms with Crippen LogP contribution in [0, 0.1) is 11.8 Å². The van der Waals surface area contributed by atoms with Crippen molar-refractivity contribution in [3.05, 3.63) is 24.3 Å². The summed E-state index contributed by atoms with van der Waals surface area (Å²) >= 11 is 3.62. The molecule has 9 nitrogen and oxygen atoms in total. The molecule has 35 heavy (non-hydrogen) atoms. The number of fused-ring (bicyclic) bond motifs is 1. The molecule has 3 aliphatic heterocycles. The molecule has 3 unspecified atom stereocenters. The number of rotatable bonds is 10. The Morgan fingerprint density at radius 2 is 1.94 bits per heavy atom. The van der Waals surface area contributed by atoms with E-state index in [0.717, 1.165) is 18.8 Å². The number of amides is 2. The molecule has 0 aliphatic carbocycles. The number of hydrogen-bond acceptors (Lipinski definition) is 7. The molecule has 0 aromatic heterocycles. The molecule has 0 radical (unpaired) electrons. The third kappa shape index (κ3) is 4.34. The lowest BCUT2D eigenvalue weighted by Crippen LogP contribution is -2.54. The molecule has 2 N–H and O–H groups in total. The van der Waals surface area contributed by atoms with E-state index in [9.17, 15) is 19.5 Å². The zero-order valence-electron chi connectivity index (χ0n) is 20.4. The van der Waals surface area contributed by atoms with E-state index in [2.05, 4.69) is 40.0 Å². The number of anilines is 2. The summed E-state index contributed by atoms with van der Waals surface area (Å²) in [6.45, 7) is 7.93. The molecule has 0 saturated carbocycles. The van der Waals surface area contributed by atoms with Crippen LogP contribution < -0.4 is 10.2 Å². The third-order valence-electron chi connectivity index (χ3n) is 7.42. The number of aliphatic hydroxyl groups excluding tert-OH is 1. The predicted molar refractivity (Wildman–Crippen MR) is 134 cm³/mol. The van der Waals surface area contributed by atoms with Crippen molar-refractivity contribution in [1.29, 1.82) is 0 Å². The largest absolute Gasteiger partial charge is 0.466 e. The second-order valence-corrected chi connectivity index (χ2v) is 10.4. The van der Waals surface area contributed by atoms with Crippen molar-refractivity contribution in [3.8, 4) is 0 Å². The Labute approximate surface area is 214 Å². The maximum Gasteiger partial charge on any atom is 0.312 e. The van der Waals surface area contributed by atoms with Crippen LogP contribution in [-0.2, 0) is 23.9 Å². The number of carbonyl (C=O) groups excluding carboxylic acids is 3. The Hall–Kier alpha value is -2.17. The Balaban J connectivity index is 1.63. The van der Waals surface area contributed by atoms with Crippen LogP contribution in [0.4, 0.5) is 11.4 Å². The van der Waals surface area contributed by atoms with Crippen molar-refractivity contribution >= 4 is 45.1 Å². The summed E-state index contributed by atoms with van der Waals surface area (Å²) in [5.74, 6) is -2.70. The van der Waals surface area contributed by atoms with E-state index in [4.69, 9.17) is 9.47 Å². The van der Waals surface area contributed by atoms with Crippen molar-refractivity contribution in [3.63, 3.8) is 0 Å². The molecule has 192 valence electrons. The van der Waals surface area contributed by atoms with E-state index in [-0.39, 0.29) is 36.4 Å². The Bertz CT molecular complexity index is 955. The summed E-state index contributed by atoms with van der Waals surface area (Å²) in [6.07, 6.45) is 0.215. The fraction of sp³-hybridized carbons (Fsp3) is 0.640. The van der Waals surface area contributed by atoms with Gasteiger partial charge in [-0.05, 0) is 57.9 Å². The van der Waals surface area contributed by atoms with Gasteiger partial charge < -0.3 is 29.7 Å². The maximum absolute atomic E-state index is 13.7. The minimum absolute atomic E-state index is 0.117. The van der Waals surface area contributed by atoms with Gasteiger partial charge in [0.1, 0.15) is 11.6 Å². The zero-order chi connectivity index (χ0) is 25.3. The SMILES string of the molecule is CCOC(=O)[C@H]1[C@@H]2OC3(CC2Br)C(C(=O)Nc2ccc(N(CC)CC)cc2)N(CCCO)C(=O)[C@H]13. The number of benzene rings is 1. The highest BCUT2D eigenvalue weighted by atomic mass is 79.9. The van der Waals surface area contributed by atoms with Crippen LogP contribution in [0.5, 0.6) is 0 Å². The normalized spacial score (nSPS) is 30.9. The van der Waals surface area contributed by atoms with Gasteiger partial charge in [-0.25, -0.2) is 0 Å². The molecule has 1 spiro atoms. The molecular formula is C25H34BrN3O6. The zero-order valence-corrected chi connectivity index (χ0v) is 22.0. The Kier molecular flexibility index (Phi) is 7.73. The lowest BCUT2D eigenvalue weighted by Gasteiger charge is -2.34. The van der Waals surface area contributed by atoms with Crippen molar-refractivity contribution in [2.24, 2.45) is 11.8 Å². The van der Waals surface area contributed by atoms with Gasteiger partial charge in [0.15, 0.2) is 0 Å². The van der Waals surface area contributed by atoms with Gasteiger partial charge in [0.25, 0.3) is 0 Å². The standard InChI is InChI=1S/C25H34BrN3O6/c1-4-28(5-2)16-10-8-15(9-11-16)27-22(31)21-25-14-17(26)20(35-25)18(24(33)34-6-3)19(25)23(32)29(21)12-7-13-30/h8-11,17-21,30H,4-7,12-14H2,1-3H3,(H,27,31)/t17?,18-,19+,20-,21?,25?/m1/s1. The van der Waals surface area contributed by atoms with Gasteiger partial charge >= 0.3 is 5.97 Å². The fourth-order valence-electron chi connectivity index (χ4n) is 5.97. The van der Waals surface area contributed by atoms with Gasteiger partial charge in [-0.15, -0.1) is 0 Å². The van der Waals surface area contributed by atoms with Gasteiger partial charge in [0.2, 0.25) is 11.8 Å². The van der Waals surface area contributed by atoms with Crippen molar-refractivity contribution in [1.82, 2.24) is 4.90 Å². The molecule has 3 saturated heterocycles. The van der Waals surface area contributed by atoms with Crippen molar-refractivity contribution in [2.75, 3.05) is 43.1 Å². The maximum atomic E-state index is 13.7. The number of esters is 1. The number of hydrogen-bond donors (Lipinski definition) is 2. The van der Waals surface area contributed by atoms with Crippen molar-refractivity contribution in [2.45, 2.75) is 56.2 Å². The molecule has 3 aliphatic rings. The first-order chi connectivity index (χ1) is 16.8. The van der Waals surface area contributed by atoms with Gasteiger partial charge in [0.05, 0.1) is 24.5 Å². The van der Waals surface area contributed by atoms with Crippen LogP contribution in [0.3, 0.4) is 0 Å². The summed E-state index contributed by atoms with van der Waals surface area (Å²) in [7, 11) is 0. The van der Waals surface area contributed by atoms with E-state index >= 15 is 0 Å². The average molecular weight is 552 g/mol. The first-order valence-corrected chi connectivity index (χ1v) is 13.3. The molecule has 4 rings (SSSR count).